The van der Waals surface area contributed by atoms with Crippen molar-refractivity contribution in [1.29, 1.82) is 0 Å². The van der Waals surface area contributed by atoms with Gasteiger partial charge in [0, 0.05) is 5.41 Å². The quantitative estimate of drug-likeness (QED) is 0.0622. The second-order valence-electron chi connectivity index (χ2n) is 26.0. The monoisotopic (exact) mass is 1110 g/mol. The van der Waals surface area contributed by atoms with E-state index in [0.29, 0.717) is 32.1 Å². The second-order valence-corrected chi connectivity index (χ2v) is 26.0. The lowest BCUT2D eigenvalue weighted by molar-refractivity contribution is -0.378. The molecule has 4 aliphatic heterocycles. The fourth-order valence-corrected chi connectivity index (χ4v) is 17.1. The maximum atomic E-state index is 12.7. The molecule has 24 nitrogen and oxygen atoms in total. The van der Waals surface area contributed by atoms with Crippen molar-refractivity contribution in [2.24, 2.45) is 50.7 Å². The molecule has 16 N–H and O–H groups in total. The van der Waals surface area contributed by atoms with Crippen LogP contribution in [0.5, 0.6) is 0 Å². The number of hydrogen-bond acceptors (Lipinski definition) is 24. The van der Waals surface area contributed by atoms with Gasteiger partial charge in [0.2, 0.25) is 0 Å². The summed E-state index contributed by atoms with van der Waals surface area (Å²) in [5.41, 5.74) is -3.44. The standard InChI is InChI=1S/C53H90O24/c1-22(7-8-30(48(2,3)69)74-46-41(37(65)34(62)27(17-55)72-46)76-44-39(67)32(60)25(59)19-70-44)23-9-11-51(6)43-24(58)15-29-49(4,21-57)31(10-12-52(29)20-53(43,52)14-13-50(23,51)5)75-47-42(38(66)35(63)28(18-56)73-47)77-45-40(68)36(64)33(61)26(16-54)71-45/h22-47,54-69H,7-21H2,1-6H3/t22-,23?,24+,25-,26-,27-,28-,29?,30-,31+,32+,33-,34-,35-,36+,37+,38+,39-,40+,41+,42-,43?,44-,45+,46+,47+,49-,50-,51+,52?,53?/m1/s1. The lowest BCUT2D eigenvalue weighted by Gasteiger charge is -2.65. The van der Waals surface area contributed by atoms with Gasteiger partial charge in [-0.2, -0.15) is 0 Å². The van der Waals surface area contributed by atoms with Crippen LogP contribution in [-0.4, -0.2) is 255 Å². The smallest absolute Gasteiger partial charge is 0.187 e. The molecular formula is C53H90O24. The van der Waals surface area contributed by atoms with Gasteiger partial charge in [-0.1, -0.05) is 27.7 Å². The number of fused-ring (bicyclic) bond motifs is 2. The Morgan fingerprint density at radius 3 is 1.71 bits per heavy atom. The van der Waals surface area contributed by atoms with Crippen molar-refractivity contribution in [2.75, 3.05) is 33.0 Å². The van der Waals surface area contributed by atoms with Gasteiger partial charge >= 0.3 is 0 Å². The fraction of sp³-hybridized carbons (Fsp3) is 1.00. The highest BCUT2D eigenvalue weighted by Crippen LogP contribution is 2.89. The molecule has 9 fully saturated rings. The fourth-order valence-electron chi connectivity index (χ4n) is 17.1. The first kappa shape index (κ1) is 60.6. The molecule has 24 heteroatoms. The Balaban J connectivity index is 0.893. The van der Waals surface area contributed by atoms with E-state index in [0.717, 1.165) is 32.1 Å². The van der Waals surface area contributed by atoms with Crippen LogP contribution < -0.4 is 0 Å². The number of ether oxygens (including phenoxy) is 8. The third-order valence-electron chi connectivity index (χ3n) is 21.7. The molecule has 0 aromatic carbocycles. The zero-order chi connectivity index (χ0) is 56.3. The van der Waals surface area contributed by atoms with Crippen LogP contribution in [0.25, 0.3) is 0 Å². The van der Waals surface area contributed by atoms with Crippen molar-refractivity contribution in [3.05, 3.63) is 0 Å². The van der Waals surface area contributed by atoms with Gasteiger partial charge in [-0.15, -0.1) is 0 Å². The molecule has 0 aromatic heterocycles. The van der Waals surface area contributed by atoms with Crippen molar-refractivity contribution in [3.8, 4) is 0 Å². The van der Waals surface area contributed by atoms with E-state index in [1.807, 2.05) is 6.92 Å². The molecule has 0 radical (unpaired) electrons. The van der Waals surface area contributed by atoms with Gasteiger partial charge in [0.1, 0.15) is 91.6 Å². The molecule has 0 bridgehead atoms. The molecule has 5 saturated carbocycles. The molecule has 9 rings (SSSR count). The average Bonchev–Trinajstić information content (AvgIpc) is 3.30. The van der Waals surface area contributed by atoms with Crippen LogP contribution in [0, 0.1) is 50.7 Å². The van der Waals surface area contributed by atoms with Crippen molar-refractivity contribution < 1.29 is 120 Å². The first-order valence-corrected chi connectivity index (χ1v) is 28.0. The predicted molar refractivity (Wildman–Crippen MR) is 261 cm³/mol. The number of rotatable bonds is 17. The average molecular weight is 1110 g/mol. The Hall–Kier alpha value is -0.960. The Labute approximate surface area is 448 Å². The summed E-state index contributed by atoms with van der Waals surface area (Å²) in [5, 5.41) is 173. The summed E-state index contributed by atoms with van der Waals surface area (Å²) in [7, 11) is 0. The molecule has 9 aliphatic rings. The van der Waals surface area contributed by atoms with E-state index in [2.05, 4.69) is 20.8 Å². The summed E-state index contributed by atoms with van der Waals surface area (Å²) in [5.74, 6) is 0.00829. The SMILES string of the molecule is C[C@H](CC[C@@H](O[C@@H]1O[C@H](CO)[C@@H](O)[C@H](O)[C@@H]1O[C@H]1OC[C@@H](O)[C@H](O)[C@H]1O)C(C)(C)O)C1CC[C@@]2(C)C3[C@@H](O)CC4C5(CC[C@H](O[C@@H]6O[C@H](CO)[C@@H](O)[C@H](O)[C@H]6O[C@@H]6O[C@H](CO)[C@@H](O)[C@H](O)[C@@H]6O)[C@]4(C)CO)CC35CC[C@]12C. The zero-order valence-electron chi connectivity index (χ0n) is 45.0. The maximum Gasteiger partial charge on any atom is 0.187 e. The van der Waals surface area contributed by atoms with Gasteiger partial charge in [-0.25, -0.2) is 0 Å². The number of aliphatic hydroxyl groups excluding tert-OH is 15. The van der Waals surface area contributed by atoms with Crippen LogP contribution in [0.4, 0.5) is 0 Å². The van der Waals surface area contributed by atoms with Gasteiger partial charge in [0.05, 0.1) is 56.9 Å². The van der Waals surface area contributed by atoms with Crippen LogP contribution in [0.3, 0.4) is 0 Å². The van der Waals surface area contributed by atoms with Crippen molar-refractivity contribution in [2.45, 2.75) is 246 Å². The van der Waals surface area contributed by atoms with Crippen molar-refractivity contribution in [3.63, 3.8) is 0 Å². The zero-order valence-corrected chi connectivity index (χ0v) is 45.0. The summed E-state index contributed by atoms with van der Waals surface area (Å²) >= 11 is 0. The molecule has 31 atom stereocenters. The summed E-state index contributed by atoms with van der Waals surface area (Å²) in [6, 6.07) is 0. The van der Waals surface area contributed by atoms with Crippen LogP contribution in [0.15, 0.2) is 0 Å². The van der Waals surface area contributed by atoms with E-state index in [-0.39, 0.29) is 51.9 Å². The molecule has 77 heavy (non-hydrogen) atoms. The molecule has 446 valence electrons. The summed E-state index contributed by atoms with van der Waals surface area (Å²) in [6.45, 7) is 9.09. The Morgan fingerprint density at radius 1 is 0.558 bits per heavy atom. The van der Waals surface area contributed by atoms with Gasteiger partial charge in [-0.3, -0.25) is 0 Å². The van der Waals surface area contributed by atoms with E-state index in [1.165, 1.54) is 0 Å². The molecule has 5 unspecified atom stereocenters. The van der Waals surface area contributed by atoms with Crippen molar-refractivity contribution >= 4 is 0 Å². The highest BCUT2D eigenvalue weighted by atomic mass is 16.8. The molecule has 5 aliphatic carbocycles. The number of hydrogen-bond donors (Lipinski definition) is 16. The van der Waals surface area contributed by atoms with Gasteiger partial charge in [-0.05, 0) is 123 Å². The predicted octanol–water partition coefficient (Wildman–Crippen LogP) is -3.79. The summed E-state index contributed by atoms with van der Waals surface area (Å²) < 4.78 is 48.0. The van der Waals surface area contributed by atoms with E-state index in [1.54, 1.807) is 13.8 Å². The molecule has 0 aromatic rings. The molecular weight excluding hydrogens is 1020 g/mol. The maximum absolute atomic E-state index is 12.7. The largest absolute Gasteiger partial charge is 0.396 e. The van der Waals surface area contributed by atoms with E-state index >= 15 is 0 Å². The third-order valence-corrected chi connectivity index (χ3v) is 21.7. The van der Waals surface area contributed by atoms with E-state index in [4.69, 9.17) is 37.9 Å². The first-order chi connectivity index (χ1) is 36.1. The van der Waals surface area contributed by atoms with E-state index < -0.39 is 172 Å². The number of aliphatic hydroxyl groups is 16. The van der Waals surface area contributed by atoms with Crippen LogP contribution in [0.1, 0.15) is 106 Å². The second kappa shape index (κ2) is 22.2. The highest BCUT2D eigenvalue weighted by molar-refractivity contribution is 5.32. The molecule has 4 heterocycles. The summed E-state index contributed by atoms with van der Waals surface area (Å²) in [6.07, 6.45) is -26.0. The van der Waals surface area contributed by atoms with Gasteiger partial charge in [0.25, 0.3) is 0 Å². The van der Waals surface area contributed by atoms with Gasteiger partial charge in [0.15, 0.2) is 25.2 Å². The van der Waals surface area contributed by atoms with Gasteiger partial charge < -0.3 is 120 Å². The normalized spacial score (nSPS) is 54.6. The first-order valence-electron chi connectivity index (χ1n) is 28.0. The van der Waals surface area contributed by atoms with Crippen LogP contribution in [-0.2, 0) is 37.9 Å². The Kier molecular flexibility index (Phi) is 17.5. The lowest BCUT2D eigenvalue weighted by Crippen LogP contribution is -2.66. The lowest BCUT2D eigenvalue weighted by atomic mass is 9.41. The Morgan fingerprint density at radius 2 is 1.12 bits per heavy atom. The summed E-state index contributed by atoms with van der Waals surface area (Å²) in [4.78, 5) is 0. The Bertz CT molecular complexity index is 2000. The third kappa shape index (κ3) is 9.90. The van der Waals surface area contributed by atoms with Crippen LogP contribution in [0.2, 0.25) is 0 Å². The molecule has 2 spiro atoms. The van der Waals surface area contributed by atoms with Crippen LogP contribution >= 0.6 is 0 Å². The molecule has 0 amide bonds. The minimum atomic E-state index is -1.85. The highest BCUT2D eigenvalue weighted by Gasteiger charge is 2.84. The topological polar surface area (TPSA) is 398 Å². The van der Waals surface area contributed by atoms with E-state index in [9.17, 15) is 81.7 Å². The minimum Gasteiger partial charge on any atom is -0.396 e. The molecule has 4 saturated heterocycles. The minimum absolute atomic E-state index is 0.0623. The van der Waals surface area contributed by atoms with Crippen molar-refractivity contribution in [1.82, 2.24) is 0 Å².